The molecule has 1 aliphatic rings. The van der Waals surface area contributed by atoms with Crippen LogP contribution in [0.15, 0.2) is 54.6 Å². The first kappa shape index (κ1) is 22.7. The standard InChI is InChI=1S/C25H26FN3O4/c1-16-13-29(17(2)12-28(16)14-18-7-9-19(26)10-8-18)24(30)15-33-23-11-21(25(31)32)20-5-3-4-6-22(20)27-23/h3-11,16-17H,12-15H2,1-2H3,(H,31,32). The van der Waals surface area contributed by atoms with E-state index in [0.29, 0.717) is 30.5 Å². The summed E-state index contributed by atoms with van der Waals surface area (Å²) in [6, 6.07) is 14.8. The molecule has 2 unspecified atom stereocenters. The van der Waals surface area contributed by atoms with Crippen LogP contribution in [0, 0.1) is 5.82 Å². The first-order valence-corrected chi connectivity index (χ1v) is 10.9. The van der Waals surface area contributed by atoms with E-state index in [-0.39, 0.29) is 41.9 Å². The third kappa shape index (κ3) is 5.12. The largest absolute Gasteiger partial charge is 0.478 e. The van der Waals surface area contributed by atoms with Crippen molar-refractivity contribution in [3.63, 3.8) is 0 Å². The van der Waals surface area contributed by atoms with Crippen LogP contribution in [0.25, 0.3) is 10.9 Å². The quantitative estimate of drug-likeness (QED) is 0.617. The summed E-state index contributed by atoms with van der Waals surface area (Å²) in [5, 5.41) is 10.0. The van der Waals surface area contributed by atoms with Crippen molar-refractivity contribution in [2.45, 2.75) is 32.5 Å². The minimum atomic E-state index is -1.08. The van der Waals surface area contributed by atoms with Gasteiger partial charge >= 0.3 is 5.97 Å². The normalized spacial score (nSPS) is 18.9. The fourth-order valence-corrected chi connectivity index (χ4v) is 4.21. The number of carbonyl (C=O) groups excluding carboxylic acids is 1. The number of carboxylic acid groups (broad SMARTS) is 1. The zero-order valence-corrected chi connectivity index (χ0v) is 18.6. The molecule has 0 spiro atoms. The van der Waals surface area contributed by atoms with Crippen LogP contribution in [0.2, 0.25) is 0 Å². The number of fused-ring (bicyclic) bond motifs is 1. The Kier molecular flexibility index (Phi) is 6.55. The Morgan fingerprint density at radius 2 is 1.82 bits per heavy atom. The molecule has 1 aromatic heterocycles. The molecule has 0 bridgehead atoms. The number of ether oxygens (including phenoxy) is 1. The molecule has 1 fully saturated rings. The van der Waals surface area contributed by atoms with Gasteiger partial charge in [0, 0.05) is 43.2 Å². The van der Waals surface area contributed by atoms with Crippen molar-refractivity contribution in [1.29, 1.82) is 0 Å². The lowest BCUT2D eigenvalue weighted by Gasteiger charge is -2.44. The predicted molar refractivity (Wildman–Crippen MR) is 122 cm³/mol. The van der Waals surface area contributed by atoms with Crippen molar-refractivity contribution < 1.29 is 23.8 Å². The van der Waals surface area contributed by atoms with Gasteiger partial charge in [-0.05, 0) is 37.6 Å². The van der Waals surface area contributed by atoms with Gasteiger partial charge in [-0.1, -0.05) is 30.3 Å². The number of para-hydroxylation sites is 1. The van der Waals surface area contributed by atoms with Gasteiger partial charge < -0.3 is 14.7 Å². The summed E-state index contributed by atoms with van der Waals surface area (Å²) < 4.78 is 18.8. The third-order valence-electron chi connectivity index (χ3n) is 6.00. The molecule has 172 valence electrons. The highest BCUT2D eigenvalue weighted by Crippen LogP contribution is 2.23. The van der Waals surface area contributed by atoms with Crippen LogP contribution in [-0.4, -0.2) is 63.5 Å². The van der Waals surface area contributed by atoms with Crippen molar-refractivity contribution in [2.75, 3.05) is 19.7 Å². The van der Waals surface area contributed by atoms with Gasteiger partial charge in [-0.2, -0.15) is 0 Å². The number of rotatable bonds is 6. The van der Waals surface area contributed by atoms with E-state index in [2.05, 4.69) is 16.8 Å². The highest BCUT2D eigenvalue weighted by atomic mass is 19.1. The lowest BCUT2D eigenvalue weighted by atomic mass is 10.1. The van der Waals surface area contributed by atoms with Gasteiger partial charge in [0.25, 0.3) is 5.91 Å². The summed E-state index contributed by atoms with van der Waals surface area (Å²) >= 11 is 0. The maximum absolute atomic E-state index is 13.2. The van der Waals surface area contributed by atoms with Crippen LogP contribution in [0.4, 0.5) is 4.39 Å². The number of amides is 1. The Morgan fingerprint density at radius 1 is 1.09 bits per heavy atom. The second-order valence-corrected chi connectivity index (χ2v) is 8.42. The molecule has 1 aliphatic heterocycles. The van der Waals surface area contributed by atoms with Crippen molar-refractivity contribution >= 4 is 22.8 Å². The molecule has 0 saturated carbocycles. The monoisotopic (exact) mass is 451 g/mol. The first-order chi connectivity index (χ1) is 15.8. The molecule has 1 saturated heterocycles. The maximum Gasteiger partial charge on any atom is 0.336 e. The van der Waals surface area contributed by atoms with Crippen molar-refractivity contribution in [2.24, 2.45) is 0 Å². The second-order valence-electron chi connectivity index (χ2n) is 8.42. The molecule has 2 aromatic carbocycles. The van der Waals surface area contributed by atoms with Crippen molar-refractivity contribution in [1.82, 2.24) is 14.8 Å². The Bertz CT molecular complexity index is 1170. The van der Waals surface area contributed by atoms with E-state index in [1.54, 1.807) is 41.3 Å². The summed E-state index contributed by atoms with van der Waals surface area (Å²) in [5.74, 6) is -1.41. The Morgan fingerprint density at radius 3 is 2.55 bits per heavy atom. The second kappa shape index (κ2) is 9.54. The number of benzene rings is 2. The molecular weight excluding hydrogens is 425 g/mol. The summed E-state index contributed by atoms with van der Waals surface area (Å²) in [6.45, 7) is 5.72. The number of piperazine rings is 1. The number of carboxylic acids is 1. The number of carbonyl (C=O) groups is 2. The molecule has 0 aliphatic carbocycles. The van der Waals surface area contributed by atoms with Crippen LogP contribution >= 0.6 is 0 Å². The van der Waals surface area contributed by atoms with E-state index in [0.717, 1.165) is 5.56 Å². The van der Waals surface area contributed by atoms with Crippen molar-refractivity contribution in [3.8, 4) is 5.88 Å². The lowest BCUT2D eigenvalue weighted by molar-refractivity contribution is -0.139. The number of hydrogen-bond acceptors (Lipinski definition) is 5. The van der Waals surface area contributed by atoms with Gasteiger partial charge in [0.2, 0.25) is 5.88 Å². The summed E-state index contributed by atoms with van der Waals surface area (Å²) in [5.41, 5.74) is 1.60. The number of aromatic nitrogens is 1. The molecule has 3 aromatic rings. The Labute approximate surface area is 191 Å². The number of hydrogen-bond donors (Lipinski definition) is 1. The molecule has 1 amide bonds. The number of halogens is 1. The zero-order valence-electron chi connectivity index (χ0n) is 18.6. The van der Waals surface area contributed by atoms with Gasteiger partial charge in [-0.25, -0.2) is 14.2 Å². The third-order valence-corrected chi connectivity index (χ3v) is 6.00. The minimum Gasteiger partial charge on any atom is -0.478 e. The molecule has 1 N–H and O–H groups in total. The topological polar surface area (TPSA) is 83.0 Å². The Hall–Kier alpha value is -3.52. The molecule has 8 heteroatoms. The van der Waals surface area contributed by atoms with Crippen LogP contribution < -0.4 is 4.74 Å². The van der Waals surface area contributed by atoms with Gasteiger partial charge in [-0.3, -0.25) is 9.69 Å². The van der Waals surface area contributed by atoms with E-state index in [1.807, 2.05) is 6.92 Å². The van der Waals surface area contributed by atoms with Crippen LogP contribution in [0.5, 0.6) is 5.88 Å². The SMILES string of the molecule is CC1CN(C(=O)COc2cc(C(=O)O)c3ccccc3n2)C(C)CN1Cc1ccc(F)cc1. The van der Waals surface area contributed by atoms with Gasteiger partial charge in [0.15, 0.2) is 6.61 Å². The van der Waals surface area contributed by atoms with Gasteiger partial charge in [0.1, 0.15) is 5.82 Å². The smallest absolute Gasteiger partial charge is 0.336 e. The molecule has 2 heterocycles. The van der Waals surface area contributed by atoms with Gasteiger partial charge in [-0.15, -0.1) is 0 Å². The maximum atomic E-state index is 13.2. The zero-order chi connectivity index (χ0) is 23.5. The van der Waals surface area contributed by atoms with Crippen LogP contribution in [0.1, 0.15) is 29.8 Å². The van der Waals surface area contributed by atoms with Crippen LogP contribution in [-0.2, 0) is 11.3 Å². The minimum absolute atomic E-state index is 0.0307. The molecule has 2 atom stereocenters. The number of aromatic carboxylic acids is 1. The van der Waals surface area contributed by atoms with E-state index in [4.69, 9.17) is 4.74 Å². The number of nitrogens with zero attached hydrogens (tertiary/aromatic N) is 3. The molecule has 0 radical (unpaired) electrons. The average Bonchev–Trinajstić information content (AvgIpc) is 2.80. The molecular formula is C25H26FN3O4. The Balaban J connectivity index is 1.40. The summed E-state index contributed by atoms with van der Waals surface area (Å²) in [6.07, 6.45) is 0. The summed E-state index contributed by atoms with van der Waals surface area (Å²) in [4.78, 5) is 32.9. The fraction of sp³-hybridized carbons (Fsp3) is 0.320. The van der Waals surface area contributed by atoms with Gasteiger partial charge in [0.05, 0.1) is 11.1 Å². The number of pyridine rings is 1. The molecule has 33 heavy (non-hydrogen) atoms. The van der Waals surface area contributed by atoms with E-state index in [1.165, 1.54) is 18.2 Å². The predicted octanol–water partition coefficient (Wildman–Crippen LogP) is 3.57. The fourth-order valence-electron chi connectivity index (χ4n) is 4.21. The molecule has 4 rings (SSSR count). The van der Waals surface area contributed by atoms with E-state index >= 15 is 0 Å². The lowest BCUT2D eigenvalue weighted by Crippen LogP contribution is -2.58. The highest BCUT2D eigenvalue weighted by Gasteiger charge is 2.32. The van der Waals surface area contributed by atoms with Crippen LogP contribution in [0.3, 0.4) is 0 Å². The van der Waals surface area contributed by atoms with Crippen molar-refractivity contribution in [3.05, 3.63) is 71.5 Å². The average molecular weight is 451 g/mol. The molecule has 7 nitrogen and oxygen atoms in total. The van der Waals surface area contributed by atoms with E-state index < -0.39 is 5.97 Å². The summed E-state index contributed by atoms with van der Waals surface area (Å²) in [7, 11) is 0. The van der Waals surface area contributed by atoms with E-state index in [9.17, 15) is 19.1 Å². The highest BCUT2D eigenvalue weighted by molar-refractivity contribution is 6.02. The first-order valence-electron chi connectivity index (χ1n) is 10.9.